The highest BCUT2D eigenvalue weighted by molar-refractivity contribution is 7.15. The number of carbonyl (C=O) groups is 2. The van der Waals surface area contributed by atoms with Crippen molar-refractivity contribution in [2.24, 2.45) is 0 Å². The molecule has 2 rings (SSSR count). The van der Waals surface area contributed by atoms with Crippen molar-refractivity contribution >= 4 is 45.6 Å². The quantitative estimate of drug-likeness (QED) is 0.834. The fourth-order valence-corrected chi connectivity index (χ4v) is 2.13. The summed E-state index contributed by atoms with van der Waals surface area (Å²) in [5.41, 5.74) is 1.34. The van der Waals surface area contributed by atoms with E-state index in [1.54, 1.807) is 25.1 Å². The van der Waals surface area contributed by atoms with Gasteiger partial charge in [0.05, 0.1) is 0 Å². The first-order chi connectivity index (χ1) is 9.45. The summed E-state index contributed by atoms with van der Waals surface area (Å²) in [6.07, 6.45) is 0. The molecule has 8 heteroatoms. The third-order valence-corrected chi connectivity index (χ3v) is 3.54. The van der Waals surface area contributed by atoms with Gasteiger partial charge < -0.3 is 5.32 Å². The minimum Gasteiger partial charge on any atom is -0.318 e. The first kappa shape index (κ1) is 14.4. The van der Waals surface area contributed by atoms with Crippen LogP contribution in [0.5, 0.6) is 0 Å². The lowest BCUT2D eigenvalue weighted by Gasteiger charge is -2.06. The summed E-state index contributed by atoms with van der Waals surface area (Å²) < 4.78 is 0. The Morgan fingerprint density at radius 3 is 2.45 bits per heavy atom. The van der Waals surface area contributed by atoms with Gasteiger partial charge in [-0.25, -0.2) is 0 Å². The van der Waals surface area contributed by atoms with Crippen LogP contribution in [0.2, 0.25) is 5.02 Å². The summed E-state index contributed by atoms with van der Waals surface area (Å²) in [7, 11) is 0. The number of halogens is 1. The van der Waals surface area contributed by atoms with Crippen LogP contribution in [0.1, 0.15) is 10.6 Å². The molecule has 0 unspecified atom stereocenters. The highest BCUT2D eigenvalue weighted by Crippen LogP contribution is 2.20. The summed E-state index contributed by atoms with van der Waals surface area (Å²) in [5, 5.41) is 13.8. The molecule has 0 bridgehead atoms. The van der Waals surface area contributed by atoms with Crippen molar-refractivity contribution in [1.82, 2.24) is 10.2 Å². The van der Waals surface area contributed by atoms with Crippen LogP contribution >= 0.6 is 22.9 Å². The van der Waals surface area contributed by atoms with Crippen molar-refractivity contribution in [2.45, 2.75) is 13.8 Å². The van der Waals surface area contributed by atoms with Crippen LogP contribution in [0.4, 0.5) is 10.8 Å². The SMILES string of the molecule is Cc1nnc(NC(=O)C(=O)Nc2ccc(C)c(Cl)c2)s1. The Labute approximate surface area is 124 Å². The summed E-state index contributed by atoms with van der Waals surface area (Å²) >= 11 is 7.13. The summed E-state index contributed by atoms with van der Waals surface area (Å²) in [5.74, 6) is -1.60. The van der Waals surface area contributed by atoms with E-state index >= 15 is 0 Å². The molecule has 2 amide bonds. The van der Waals surface area contributed by atoms with Gasteiger partial charge in [-0.1, -0.05) is 29.0 Å². The molecule has 2 aromatic rings. The zero-order valence-electron chi connectivity index (χ0n) is 10.7. The maximum atomic E-state index is 11.7. The number of anilines is 2. The van der Waals surface area contributed by atoms with Gasteiger partial charge in [0.1, 0.15) is 5.01 Å². The second-order valence-corrected chi connectivity index (χ2v) is 5.59. The molecule has 0 saturated carbocycles. The minimum atomic E-state index is -0.808. The number of nitrogens with zero attached hydrogens (tertiary/aromatic N) is 2. The number of aryl methyl sites for hydroxylation is 2. The van der Waals surface area contributed by atoms with E-state index in [0.29, 0.717) is 15.7 Å². The number of hydrogen-bond acceptors (Lipinski definition) is 5. The van der Waals surface area contributed by atoms with E-state index in [0.717, 1.165) is 5.56 Å². The molecule has 0 fully saturated rings. The molecule has 1 heterocycles. The summed E-state index contributed by atoms with van der Waals surface area (Å²) in [4.78, 5) is 23.4. The Hall–Kier alpha value is -1.99. The van der Waals surface area contributed by atoms with Gasteiger partial charge in [0, 0.05) is 10.7 Å². The van der Waals surface area contributed by atoms with Crippen molar-refractivity contribution in [3.8, 4) is 0 Å². The molecule has 0 aliphatic carbocycles. The molecule has 0 aliphatic heterocycles. The van der Waals surface area contributed by atoms with Crippen molar-refractivity contribution in [3.05, 3.63) is 33.8 Å². The summed E-state index contributed by atoms with van der Waals surface area (Å²) in [6, 6.07) is 5.00. The molecule has 104 valence electrons. The maximum Gasteiger partial charge on any atom is 0.315 e. The maximum absolute atomic E-state index is 11.7. The van der Waals surface area contributed by atoms with Gasteiger partial charge in [-0.05, 0) is 31.5 Å². The van der Waals surface area contributed by atoms with Crippen LogP contribution in [0.3, 0.4) is 0 Å². The van der Waals surface area contributed by atoms with Gasteiger partial charge in [-0.15, -0.1) is 10.2 Å². The molecule has 0 atom stereocenters. The van der Waals surface area contributed by atoms with Crippen molar-refractivity contribution in [2.75, 3.05) is 10.6 Å². The number of benzene rings is 1. The highest BCUT2D eigenvalue weighted by Gasteiger charge is 2.16. The first-order valence-corrected chi connectivity index (χ1v) is 6.84. The van der Waals surface area contributed by atoms with Crippen molar-refractivity contribution < 1.29 is 9.59 Å². The number of nitrogens with one attached hydrogen (secondary N) is 2. The van der Waals surface area contributed by atoms with Crippen LogP contribution in [0, 0.1) is 13.8 Å². The normalized spacial score (nSPS) is 10.2. The van der Waals surface area contributed by atoms with Crippen LogP contribution in [-0.2, 0) is 9.59 Å². The van der Waals surface area contributed by atoms with Crippen LogP contribution in [-0.4, -0.2) is 22.0 Å². The Bertz CT molecular complexity index is 671. The van der Waals surface area contributed by atoms with Crippen molar-refractivity contribution in [1.29, 1.82) is 0 Å². The lowest BCUT2D eigenvalue weighted by molar-refractivity contribution is -0.133. The Morgan fingerprint density at radius 1 is 1.15 bits per heavy atom. The van der Waals surface area contributed by atoms with E-state index in [-0.39, 0.29) is 5.13 Å². The molecule has 0 saturated heterocycles. The van der Waals surface area contributed by atoms with Gasteiger partial charge in [-0.2, -0.15) is 0 Å². The van der Waals surface area contributed by atoms with E-state index < -0.39 is 11.8 Å². The average Bonchev–Trinajstić information content (AvgIpc) is 2.79. The topological polar surface area (TPSA) is 84.0 Å². The summed E-state index contributed by atoms with van der Waals surface area (Å²) in [6.45, 7) is 3.60. The Kier molecular flexibility index (Phi) is 4.31. The largest absolute Gasteiger partial charge is 0.318 e. The monoisotopic (exact) mass is 310 g/mol. The molecule has 1 aromatic heterocycles. The number of aromatic nitrogens is 2. The van der Waals surface area contributed by atoms with E-state index in [1.807, 2.05) is 6.92 Å². The second kappa shape index (κ2) is 5.98. The molecule has 20 heavy (non-hydrogen) atoms. The van der Waals surface area contributed by atoms with E-state index in [9.17, 15) is 9.59 Å². The highest BCUT2D eigenvalue weighted by atomic mass is 35.5. The first-order valence-electron chi connectivity index (χ1n) is 5.64. The van der Waals surface area contributed by atoms with Crippen LogP contribution < -0.4 is 10.6 Å². The fourth-order valence-electron chi connectivity index (χ4n) is 1.36. The second-order valence-electron chi connectivity index (χ2n) is 4.00. The average molecular weight is 311 g/mol. The van der Waals surface area contributed by atoms with E-state index in [4.69, 9.17) is 11.6 Å². The third kappa shape index (κ3) is 3.52. The van der Waals surface area contributed by atoms with E-state index in [1.165, 1.54) is 11.3 Å². The number of carbonyl (C=O) groups excluding carboxylic acids is 2. The Balaban J connectivity index is 2.00. The third-order valence-electron chi connectivity index (χ3n) is 2.38. The predicted octanol–water partition coefficient (Wildman–Crippen LogP) is 2.39. The van der Waals surface area contributed by atoms with E-state index in [2.05, 4.69) is 20.8 Å². The molecule has 0 spiro atoms. The fraction of sp³-hybridized carbons (Fsp3) is 0.167. The van der Waals surface area contributed by atoms with Gasteiger partial charge in [0.25, 0.3) is 0 Å². The van der Waals surface area contributed by atoms with Gasteiger partial charge in [0.2, 0.25) is 5.13 Å². The molecular weight excluding hydrogens is 300 g/mol. The lowest BCUT2D eigenvalue weighted by Crippen LogP contribution is -2.29. The molecule has 0 radical (unpaired) electrons. The molecular formula is C12H11ClN4O2S. The zero-order valence-corrected chi connectivity index (χ0v) is 12.3. The predicted molar refractivity (Wildman–Crippen MR) is 78.1 cm³/mol. The van der Waals surface area contributed by atoms with Gasteiger partial charge in [-0.3, -0.25) is 14.9 Å². The molecule has 1 aromatic carbocycles. The number of hydrogen-bond donors (Lipinski definition) is 2. The van der Waals surface area contributed by atoms with Crippen LogP contribution in [0.15, 0.2) is 18.2 Å². The van der Waals surface area contributed by atoms with Crippen LogP contribution in [0.25, 0.3) is 0 Å². The zero-order chi connectivity index (χ0) is 14.7. The number of rotatable bonds is 2. The Morgan fingerprint density at radius 2 is 1.85 bits per heavy atom. The molecule has 2 N–H and O–H groups in total. The molecule has 0 aliphatic rings. The van der Waals surface area contributed by atoms with Gasteiger partial charge >= 0.3 is 11.8 Å². The van der Waals surface area contributed by atoms with Gasteiger partial charge in [0.15, 0.2) is 0 Å². The van der Waals surface area contributed by atoms with Crippen molar-refractivity contribution in [3.63, 3.8) is 0 Å². The molecule has 6 nitrogen and oxygen atoms in total. The number of amides is 2. The minimum absolute atomic E-state index is 0.282. The standard InChI is InChI=1S/C12H11ClN4O2S/c1-6-3-4-8(5-9(6)13)14-10(18)11(19)15-12-17-16-7(2)20-12/h3-5H,1-2H3,(H,14,18)(H,15,17,19). The smallest absolute Gasteiger partial charge is 0.315 e. The lowest BCUT2D eigenvalue weighted by atomic mass is 10.2.